The van der Waals surface area contributed by atoms with Crippen LogP contribution in [0.15, 0.2) is 78.9 Å². The quantitative estimate of drug-likeness (QED) is 0.225. The molecular formula is C31H30N2O5S. The predicted octanol–water partition coefficient (Wildman–Crippen LogP) is 6.87. The van der Waals surface area contributed by atoms with E-state index in [0.29, 0.717) is 27.6 Å². The number of thiophene rings is 1. The Morgan fingerprint density at radius 2 is 1.54 bits per heavy atom. The first-order valence-electron chi connectivity index (χ1n) is 12.6. The number of nitrogens with one attached hydrogen (secondary N) is 2. The molecule has 200 valence electrons. The lowest BCUT2D eigenvalue weighted by Crippen LogP contribution is -2.30. The molecule has 0 saturated carbocycles. The van der Waals surface area contributed by atoms with Crippen LogP contribution in [0.2, 0.25) is 0 Å². The first kappa shape index (κ1) is 27.6. The summed E-state index contributed by atoms with van der Waals surface area (Å²) in [5, 5.41) is 6.13. The summed E-state index contributed by atoms with van der Waals surface area (Å²) in [6, 6.07) is 23.5. The molecule has 0 aliphatic carbocycles. The van der Waals surface area contributed by atoms with Crippen molar-refractivity contribution in [3.63, 3.8) is 0 Å². The standard InChI is InChI=1S/C31H30N2O5S/c1-5-37-31(36)27-26(22-9-7-6-8-10-22)21(4)39-30(27)33-29(35)23-13-17-25(18-14-23)38-20(3)28(34)32-24-15-11-19(2)12-16-24/h6-18,20H,5H2,1-4H3,(H,32,34)(H,33,35)/t20-/m1/s1. The van der Waals surface area contributed by atoms with Crippen LogP contribution >= 0.6 is 11.3 Å². The fourth-order valence-corrected chi connectivity index (χ4v) is 5.04. The van der Waals surface area contributed by atoms with Crippen LogP contribution in [-0.2, 0) is 9.53 Å². The number of carbonyl (C=O) groups is 3. The van der Waals surface area contributed by atoms with E-state index in [9.17, 15) is 14.4 Å². The van der Waals surface area contributed by atoms with E-state index in [1.165, 1.54) is 11.3 Å². The molecule has 2 N–H and O–H groups in total. The zero-order valence-electron chi connectivity index (χ0n) is 22.2. The molecule has 0 bridgehead atoms. The summed E-state index contributed by atoms with van der Waals surface area (Å²) in [5.74, 6) is -0.700. The number of amides is 2. The number of benzene rings is 3. The van der Waals surface area contributed by atoms with Gasteiger partial charge in [0.15, 0.2) is 6.10 Å². The van der Waals surface area contributed by atoms with Gasteiger partial charge in [0.2, 0.25) is 0 Å². The monoisotopic (exact) mass is 542 g/mol. The van der Waals surface area contributed by atoms with Crippen molar-refractivity contribution in [1.82, 2.24) is 0 Å². The molecule has 4 rings (SSSR count). The second kappa shape index (κ2) is 12.4. The van der Waals surface area contributed by atoms with Crippen molar-refractivity contribution in [2.75, 3.05) is 17.2 Å². The maximum absolute atomic E-state index is 13.1. The van der Waals surface area contributed by atoms with Gasteiger partial charge >= 0.3 is 5.97 Å². The molecule has 1 heterocycles. The fourth-order valence-electron chi connectivity index (χ4n) is 3.98. The normalized spacial score (nSPS) is 11.4. The van der Waals surface area contributed by atoms with Gasteiger partial charge in [-0.3, -0.25) is 9.59 Å². The van der Waals surface area contributed by atoms with Crippen LogP contribution in [0.1, 0.15) is 45.0 Å². The lowest BCUT2D eigenvalue weighted by molar-refractivity contribution is -0.122. The second-order valence-corrected chi connectivity index (χ2v) is 10.1. The number of hydrogen-bond donors (Lipinski definition) is 2. The van der Waals surface area contributed by atoms with Crippen LogP contribution in [0, 0.1) is 13.8 Å². The van der Waals surface area contributed by atoms with E-state index >= 15 is 0 Å². The number of carbonyl (C=O) groups excluding carboxylic acids is 3. The van der Waals surface area contributed by atoms with Crippen molar-refractivity contribution in [2.24, 2.45) is 0 Å². The maximum atomic E-state index is 13.1. The number of ether oxygens (including phenoxy) is 2. The Balaban J connectivity index is 1.47. The van der Waals surface area contributed by atoms with Crippen LogP contribution < -0.4 is 15.4 Å². The summed E-state index contributed by atoms with van der Waals surface area (Å²) < 4.78 is 11.1. The first-order valence-corrected chi connectivity index (χ1v) is 13.4. The van der Waals surface area contributed by atoms with Crippen LogP contribution in [0.5, 0.6) is 5.75 Å². The van der Waals surface area contributed by atoms with Crippen LogP contribution in [0.4, 0.5) is 10.7 Å². The van der Waals surface area contributed by atoms with Gasteiger partial charge < -0.3 is 20.1 Å². The molecule has 0 radical (unpaired) electrons. The molecule has 39 heavy (non-hydrogen) atoms. The van der Waals surface area contributed by atoms with Gasteiger partial charge in [-0.05, 0) is 69.7 Å². The number of rotatable bonds is 9. The van der Waals surface area contributed by atoms with Gasteiger partial charge in [-0.25, -0.2) is 4.79 Å². The van der Waals surface area contributed by atoms with Gasteiger partial charge in [0.1, 0.15) is 16.3 Å². The van der Waals surface area contributed by atoms with Crippen LogP contribution in [-0.4, -0.2) is 30.5 Å². The smallest absolute Gasteiger partial charge is 0.341 e. The van der Waals surface area contributed by atoms with E-state index in [4.69, 9.17) is 9.47 Å². The first-order chi connectivity index (χ1) is 18.8. The summed E-state index contributed by atoms with van der Waals surface area (Å²) in [6.45, 7) is 7.51. The van der Waals surface area contributed by atoms with Gasteiger partial charge in [0.25, 0.3) is 11.8 Å². The third-order valence-electron chi connectivity index (χ3n) is 5.97. The summed E-state index contributed by atoms with van der Waals surface area (Å²) in [6.07, 6.45) is -0.747. The molecule has 1 aromatic heterocycles. The molecule has 1 atom stereocenters. The molecular weight excluding hydrogens is 512 g/mol. The van der Waals surface area contributed by atoms with E-state index in [-0.39, 0.29) is 18.4 Å². The summed E-state index contributed by atoms with van der Waals surface area (Å²) in [7, 11) is 0. The van der Waals surface area contributed by atoms with Gasteiger partial charge in [0.05, 0.1) is 6.61 Å². The van der Waals surface area contributed by atoms with Crippen LogP contribution in [0.25, 0.3) is 11.1 Å². The number of hydrogen-bond acceptors (Lipinski definition) is 6. The molecule has 7 nitrogen and oxygen atoms in total. The Morgan fingerprint density at radius 1 is 0.872 bits per heavy atom. The lowest BCUT2D eigenvalue weighted by atomic mass is 10.0. The Hall–Kier alpha value is -4.43. The molecule has 2 amide bonds. The SMILES string of the molecule is CCOC(=O)c1c(NC(=O)c2ccc(O[C@H](C)C(=O)Nc3ccc(C)cc3)cc2)sc(C)c1-c1ccccc1. The minimum Gasteiger partial charge on any atom is -0.481 e. The minimum atomic E-state index is -0.747. The molecule has 0 saturated heterocycles. The van der Waals surface area contributed by atoms with E-state index in [1.54, 1.807) is 38.1 Å². The van der Waals surface area contributed by atoms with E-state index in [1.807, 2.05) is 68.4 Å². The molecule has 8 heteroatoms. The van der Waals surface area contributed by atoms with Gasteiger partial charge in [-0.2, -0.15) is 0 Å². The average molecular weight is 543 g/mol. The fraction of sp³-hybridized carbons (Fsp3) is 0.194. The predicted molar refractivity (Wildman–Crippen MR) is 155 cm³/mol. The molecule has 0 aliphatic heterocycles. The Bertz CT molecular complexity index is 1460. The zero-order valence-corrected chi connectivity index (χ0v) is 23.1. The number of aryl methyl sites for hydroxylation is 2. The second-order valence-electron chi connectivity index (χ2n) is 8.92. The molecule has 4 aromatic rings. The highest BCUT2D eigenvalue weighted by Crippen LogP contribution is 2.40. The van der Waals surface area contributed by atoms with Crippen LogP contribution in [0.3, 0.4) is 0 Å². The largest absolute Gasteiger partial charge is 0.481 e. The topological polar surface area (TPSA) is 93.7 Å². The van der Waals surface area contributed by atoms with Crippen molar-refractivity contribution in [2.45, 2.75) is 33.8 Å². The molecule has 3 aromatic carbocycles. The van der Waals surface area contributed by atoms with E-state index in [0.717, 1.165) is 21.6 Å². The highest BCUT2D eigenvalue weighted by molar-refractivity contribution is 7.17. The zero-order chi connectivity index (χ0) is 27.9. The lowest BCUT2D eigenvalue weighted by Gasteiger charge is -2.15. The Labute approximate surface area is 231 Å². The highest BCUT2D eigenvalue weighted by atomic mass is 32.1. The van der Waals surface area contributed by atoms with Crippen molar-refractivity contribution in [3.05, 3.63) is 100 Å². The number of esters is 1. The third kappa shape index (κ3) is 6.72. The third-order valence-corrected chi connectivity index (χ3v) is 6.99. The van der Waals surface area contributed by atoms with E-state index < -0.39 is 12.1 Å². The Morgan fingerprint density at radius 3 is 2.18 bits per heavy atom. The van der Waals surface area contributed by atoms with Crippen molar-refractivity contribution in [3.8, 4) is 16.9 Å². The van der Waals surface area contributed by atoms with Gasteiger partial charge in [-0.1, -0.05) is 48.0 Å². The molecule has 0 aliphatic rings. The number of anilines is 2. The summed E-state index contributed by atoms with van der Waals surface area (Å²) in [5.41, 5.74) is 4.13. The van der Waals surface area contributed by atoms with Gasteiger partial charge in [0, 0.05) is 21.7 Å². The average Bonchev–Trinajstić information content (AvgIpc) is 3.26. The molecule has 0 spiro atoms. The van der Waals surface area contributed by atoms with Crippen molar-refractivity contribution < 1.29 is 23.9 Å². The Kier molecular flexibility index (Phi) is 8.78. The van der Waals surface area contributed by atoms with E-state index in [2.05, 4.69) is 10.6 Å². The van der Waals surface area contributed by atoms with Crippen molar-refractivity contribution in [1.29, 1.82) is 0 Å². The summed E-state index contributed by atoms with van der Waals surface area (Å²) >= 11 is 1.33. The highest BCUT2D eigenvalue weighted by Gasteiger charge is 2.26. The summed E-state index contributed by atoms with van der Waals surface area (Å²) in [4.78, 5) is 39.4. The minimum absolute atomic E-state index is 0.221. The van der Waals surface area contributed by atoms with Gasteiger partial charge in [-0.15, -0.1) is 11.3 Å². The van der Waals surface area contributed by atoms with Crippen molar-refractivity contribution >= 4 is 39.8 Å². The molecule has 0 fully saturated rings. The maximum Gasteiger partial charge on any atom is 0.341 e. The molecule has 0 unspecified atom stereocenters.